The average molecular weight is 494 g/mol. The van der Waals surface area contributed by atoms with E-state index >= 15 is 0 Å². The molecule has 0 aromatic carbocycles. The fraction of sp³-hybridized carbons (Fsp3) is 0.952. The molecule has 1 atom stereocenters. The number of nitrogens with one attached hydrogen (secondary N) is 1. The molecule has 0 radical (unpaired) electrons. The molecule has 27 heavy (non-hydrogen) atoms. The van der Waals surface area contributed by atoms with Gasteiger partial charge in [-0.05, 0) is 79.3 Å². The third kappa shape index (κ3) is 8.44. The fourth-order valence-electron chi connectivity index (χ4n) is 4.48. The first kappa shape index (κ1) is 25.0. The molecule has 1 N–H and O–H groups in total. The van der Waals surface area contributed by atoms with E-state index in [1.54, 1.807) is 0 Å². The Kier molecular flexibility index (Phi) is 12.2. The van der Waals surface area contributed by atoms with Gasteiger partial charge in [-0.1, -0.05) is 0 Å². The van der Waals surface area contributed by atoms with Crippen LogP contribution in [0.2, 0.25) is 0 Å². The Morgan fingerprint density at radius 1 is 1.11 bits per heavy atom. The van der Waals surface area contributed by atoms with Gasteiger partial charge in [0.2, 0.25) is 0 Å². The number of aliphatic imine (C=N–C) groups is 1. The molecule has 160 valence electrons. The van der Waals surface area contributed by atoms with Gasteiger partial charge in [-0.25, -0.2) is 0 Å². The van der Waals surface area contributed by atoms with E-state index < -0.39 is 0 Å². The number of guanidine groups is 1. The molecule has 5 nitrogen and oxygen atoms in total. The highest BCUT2D eigenvalue weighted by molar-refractivity contribution is 14.0. The van der Waals surface area contributed by atoms with E-state index in [2.05, 4.69) is 54.6 Å². The lowest BCUT2D eigenvalue weighted by Gasteiger charge is -2.30. The van der Waals surface area contributed by atoms with Crippen molar-refractivity contribution >= 4 is 29.9 Å². The molecule has 0 saturated carbocycles. The lowest BCUT2D eigenvalue weighted by atomic mass is 10.1. The van der Waals surface area contributed by atoms with E-state index in [1.807, 2.05) is 0 Å². The number of nitrogens with zero attached hydrogens (tertiary/aromatic N) is 4. The van der Waals surface area contributed by atoms with Crippen molar-refractivity contribution in [3.05, 3.63) is 0 Å². The van der Waals surface area contributed by atoms with Crippen molar-refractivity contribution < 1.29 is 0 Å². The third-order valence-electron chi connectivity index (χ3n) is 5.80. The molecule has 2 saturated heterocycles. The molecule has 0 aromatic rings. The van der Waals surface area contributed by atoms with E-state index in [9.17, 15) is 0 Å². The topological polar surface area (TPSA) is 34.1 Å². The second kappa shape index (κ2) is 13.2. The summed E-state index contributed by atoms with van der Waals surface area (Å²) >= 11 is 0. The molecule has 1 unspecified atom stereocenters. The van der Waals surface area contributed by atoms with Crippen LogP contribution in [0.15, 0.2) is 4.99 Å². The average Bonchev–Trinajstić information content (AvgIpc) is 3.25. The van der Waals surface area contributed by atoms with Gasteiger partial charge in [0, 0.05) is 51.4 Å². The summed E-state index contributed by atoms with van der Waals surface area (Å²) in [4.78, 5) is 12.7. The van der Waals surface area contributed by atoms with Crippen LogP contribution < -0.4 is 5.32 Å². The van der Waals surface area contributed by atoms with Crippen molar-refractivity contribution in [2.45, 2.75) is 72.4 Å². The van der Waals surface area contributed by atoms with E-state index in [0.29, 0.717) is 12.1 Å². The van der Waals surface area contributed by atoms with Crippen LogP contribution in [0.3, 0.4) is 0 Å². The largest absolute Gasteiger partial charge is 0.357 e. The highest BCUT2D eigenvalue weighted by atomic mass is 127. The summed E-state index contributed by atoms with van der Waals surface area (Å²) in [5, 5.41) is 3.52. The van der Waals surface area contributed by atoms with Crippen LogP contribution in [-0.2, 0) is 0 Å². The summed E-state index contributed by atoms with van der Waals surface area (Å²) in [6.07, 6.45) is 5.24. The van der Waals surface area contributed by atoms with Gasteiger partial charge in [0.15, 0.2) is 5.96 Å². The molecule has 2 fully saturated rings. The Balaban J connectivity index is 0.00000364. The first-order chi connectivity index (χ1) is 12.5. The molecule has 2 heterocycles. The third-order valence-corrected chi connectivity index (χ3v) is 5.80. The van der Waals surface area contributed by atoms with Crippen molar-refractivity contribution in [3.8, 4) is 0 Å². The number of hydrogen-bond donors (Lipinski definition) is 1. The van der Waals surface area contributed by atoms with Crippen molar-refractivity contribution in [3.63, 3.8) is 0 Å². The lowest BCUT2D eigenvalue weighted by molar-refractivity contribution is 0.174. The zero-order chi connectivity index (χ0) is 18.9. The quantitative estimate of drug-likeness (QED) is 0.231. The van der Waals surface area contributed by atoms with Crippen LogP contribution in [0.4, 0.5) is 0 Å². The van der Waals surface area contributed by atoms with Crippen LogP contribution in [0.25, 0.3) is 0 Å². The Morgan fingerprint density at radius 2 is 1.78 bits per heavy atom. The molecule has 0 bridgehead atoms. The summed E-state index contributed by atoms with van der Waals surface area (Å²) in [6, 6.07) is 1.22. The maximum Gasteiger partial charge on any atom is 0.193 e. The number of hydrogen-bond acceptors (Lipinski definition) is 3. The highest BCUT2D eigenvalue weighted by Gasteiger charge is 2.27. The normalized spacial score (nSPS) is 21.6. The zero-order valence-electron chi connectivity index (χ0n) is 18.4. The minimum absolute atomic E-state index is 0. The van der Waals surface area contributed by atoms with Gasteiger partial charge in [0.25, 0.3) is 0 Å². The predicted octanol–water partition coefficient (Wildman–Crippen LogP) is 3.50. The number of halogens is 1. The van der Waals surface area contributed by atoms with Gasteiger partial charge >= 0.3 is 0 Å². The first-order valence-corrected chi connectivity index (χ1v) is 11.0. The predicted molar refractivity (Wildman–Crippen MR) is 128 cm³/mol. The minimum Gasteiger partial charge on any atom is -0.357 e. The standard InChI is InChI=1S/C21H43N5.HI/c1-6-22-21(23-11-9-14-26(18(2)3)19(4)5)25-15-10-20(17-25)16-24-12-7-8-13-24;/h18-20H,6-17H2,1-5H3,(H,22,23);1H. The van der Waals surface area contributed by atoms with E-state index in [4.69, 9.17) is 4.99 Å². The number of likely N-dealkylation sites (tertiary alicyclic amines) is 2. The van der Waals surface area contributed by atoms with Gasteiger partial charge in [-0.3, -0.25) is 9.89 Å². The Labute approximate surface area is 185 Å². The monoisotopic (exact) mass is 493 g/mol. The molecule has 2 rings (SSSR count). The Hall–Kier alpha value is -0.0800. The Morgan fingerprint density at radius 3 is 2.37 bits per heavy atom. The molecule has 6 heteroatoms. The van der Waals surface area contributed by atoms with Gasteiger partial charge < -0.3 is 15.1 Å². The van der Waals surface area contributed by atoms with Crippen molar-refractivity contribution in [2.24, 2.45) is 10.9 Å². The van der Waals surface area contributed by atoms with Gasteiger partial charge in [0.1, 0.15) is 0 Å². The Bertz CT molecular complexity index is 413. The second-order valence-electron chi connectivity index (χ2n) is 8.62. The maximum atomic E-state index is 4.94. The SMILES string of the molecule is CCNC(=NCCCN(C(C)C)C(C)C)N1CCC(CN2CCCC2)C1.I. The van der Waals surface area contributed by atoms with Crippen LogP contribution in [0, 0.1) is 5.92 Å². The second-order valence-corrected chi connectivity index (χ2v) is 8.62. The summed E-state index contributed by atoms with van der Waals surface area (Å²) in [5.41, 5.74) is 0. The first-order valence-electron chi connectivity index (χ1n) is 11.0. The highest BCUT2D eigenvalue weighted by Crippen LogP contribution is 2.20. The fourth-order valence-corrected chi connectivity index (χ4v) is 4.48. The van der Waals surface area contributed by atoms with Crippen molar-refractivity contribution in [1.29, 1.82) is 0 Å². The molecular weight excluding hydrogens is 449 g/mol. The summed E-state index contributed by atoms with van der Waals surface area (Å²) < 4.78 is 0. The molecule has 0 spiro atoms. The molecule has 0 amide bonds. The summed E-state index contributed by atoms with van der Waals surface area (Å²) in [6.45, 7) is 20.6. The lowest BCUT2D eigenvalue weighted by Crippen LogP contribution is -2.41. The maximum absolute atomic E-state index is 4.94. The molecular formula is C21H44IN5. The number of rotatable bonds is 9. The van der Waals surface area contributed by atoms with Crippen molar-refractivity contribution in [1.82, 2.24) is 20.0 Å². The molecule has 0 aromatic heterocycles. The van der Waals surface area contributed by atoms with Crippen LogP contribution in [0.5, 0.6) is 0 Å². The van der Waals surface area contributed by atoms with Crippen molar-refractivity contribution in [2.75, 3.05) is 52.4 Å². The van der Waals surface area contributed by atoms with Crippen LogP contribution >= 0.6 is 24.0 Å². The molecule has 0 aliphatic carbocycles. The van der Waals surface area contributed by atoms with Gasteiger partial charge in [-0.15, -0.1) is 24.0 Å². The van der Waals surface area contributed by atoms with Gasteiger partial charge in [0.05, 0.1) is 0 Å². The van der Waals surface area contributed by atoms with E-state index in [0.717, 1.165) is 44.5 Å². The van der Waals surface area contributed by atoms with E-state index in [-0.39, 0.29) is 24.0 Å². The van der Waals surface area contributed by atoms with Crippen LogP contribution in [0.1, 0.15) is 60.3 Å². The van der Waals surface area contributed by atoms with E-state index in [1.165, 1.54) is 45.4 Å². The molecule has 2 aliphatic rings. The van der Waals surface area contributed by atoms with Crippen LogP contribution in [-0.4, -0.2) is 85.1 Å². The van der Waals surface area contributed by atoms with Gasteiger partial charge in [-0.2, -0.15) is 0 Å². The zero-order valence-corrected chi connectivity index (χ0v) is 20.7. The smallest absolute Gasteiger partial charge is 0.193 e. The summed E-state index contributed by atoms with van der Waals surface area (Å²) in [7, 11) is 0. The molecule has 2 aliphatic heterocycles. The summed E-state index contributed by atoms with van der Waals surface area (Å²) in [5.74, 6) is 1.95. The minimum atomic E-state index is 0.